The number of aliphatic hydroxyl groups is 1. The Hall–Kier alpha value is -1.10. The minimum Gasteiger partial charge on any atom is -0.395 e. The van der Waals surface area contributed by atoms with E-state index >= 15 is 0 Å². The molecule has 1 heterocycles. The number of nitrogens with zero attached hydrogens (tertiary/aromatic N) is 2. The third kappa shape index (κ3) is 3.02. The second-order valence-electron chi connectivity index (χ2n) is 5.17. The monoisotopic (exact) mass is 254 g/mol. The van der Waals surface area contributed by atoms with Crippen LogP contribution in [0.3, 0.4) is 0 Å². The molecule has 1 aliphatic carbocycles. The Morgan fingerprint density at radius 2 is 2.06 bits per heavy atom. The van der Waals surface area contributed by atoms with Crippen LogP contribution in [0.5, 0.6) is 0 Å². The lowest BCUT2D eigenvalue weighted by Crippen LogP contribution is -2.46. The van der Waals surface area contributed by atoms with Crippen molar-refractivity contribution in [2.45, 2.75) is 44.6 Å². The van der Waals surface area contributed by atoms with E-state index in [4.69, 9.17) is 5.11 Å². The summed E-state index contributed by atoms with van der Waals surface area (Å²) in [6, 6.07) is 0.266. The molecule has 5 nitrogen and oxygen atoms in total. The zero-order chi connectivity index (χ0) is 13.0. The van der Waals surface area contributed by atoms with Crippen LogP contribution in [0, 0.1) is 0 Å². The van der Waals surface area contributed by atoms with Gasteiger partial charge in [0.1, 0.15) is 0 Å². The molecular weight excluding hydrogens is 232 g/mol. The van der Waals surface area contributed by atoms with E-state index in [0.29, 0.717) is 19.5 Å². The number of hydrogen-bond donors (Lipinski definition) is 1. The highest BCUT2D eigenvalue weighted by Crippen LogP contribution is 2.23. The third-order valence-corrected chi connectivity index (χ3v) is 3.92. The molecule has 1 aliphatic heterocycles. The summed E-state index contributed by atoms with van der Waals surface area (Å²) in [6.07, 6.45) is 5.79. The van der Waals surface area contributed by atoms with E-state index in [9.17, 15) is 9.59 Å². The average molecular weight is 254 g/mol. The van der Waals surface area contributed by atoms with Crippen LogP contribution < -0.4 is 0 Å². The molecule has 0 radical (unpaired) electrons. The molecule has 2 fully saturated rings. The van der Waals surface area contributed by atoms with Gasteiger partial charge in [0, 0.05) is 25.6 Å². The smallest absolute Gasteiger partial charge is 0.242 e. The fourth-order valence-electron chi connectivity index (χ4n) is 2.96. The van der Waals surface area contributed by atoms with Crippen LogP contribution in [0.15, 0.2) is 0 Å². The van der Waals surface area contributed by atoms with Crippen molar-refractivity contribution in [2.75, 3.05) is 26.2 Å². The lowest BCUT2D eigenvalue weighted by atomic mass is 10.2. The quantitative estimate of drug-likeness (QED) is 0.771. The minimum atomic E-state index is -0.00815. The van der Waals surface area contributed by atoms with Crippen LogP contribution in [0.2, 0.25) is 0 Å². The second-order valence-corrected chi connectivity index (χ2v) is 5.17. The highest BCUT2D eigenvalue weighted by Gasteiger charge is 2.29. The lowest BCUT2D eigenvalue weighted by molar-refractivity contribution is -0.140. The third-order valence-electron chi connectivity index (χ3n) is 3.92. The molecule has 0 aromatic heterocycles. The maximum atomic E-state index is 12.2. The summed E-state index contributed by atoms with van der Waals surface area (Å²) in [7, 11) is 0. The largest absolute Gasteiger partial charge is 0.395 e. The van der Waals surface area contributed by atoms with Crippen LogP contribution in [0.1, 0.15) is 38.5 Å². The molecule has 2 amide bonds. The summed E-state index contributed by atoms with van der Waals surface area (Å²) in [6.45, 7) is 1.28. The van der Waals surface area contributed by atoms with E-state index in [0.717, 1.165) is 32.1 Å². The van der Waals surface area contributed by atoms with Crippen molar-refractivity contribution in [1.82, 2.24) is 9.80 Å². The van der Waals surface area contributed by atoms with Gasteiger partial charge < -0.3 is 14.9 Å². The van der Waals surface area contributed by atoms with Crippen LogP contribution in [0.4, 0.5) is 0 Å². The van der Waals surface area contributed by atoms with Gasteiger partial charge in [0.25, 0.3) is 0 Å². The molecule has 102 valence electrons. The summed E-state index contributed by atoms with van der Waals surface area (Å²) in [5.41, 5.74) is 0. The van der Waals surface area contributed by atoms with Gasteiger partial charge in [0.2, 0.25) is 11.8 Å². The van der Waals surface area contributed by atoms with Crippen molar-refractivity contribution in [1.29, 1.82) is 0 Å². The first kappa shape index (κ1) is 13.3. The number of carbonyl (C=O) groups is 2. The Bertz CT molecular complexity index is 313. The van der Waals surface area contributed by atoms with Crippen molar-refractivity contribution in [3.63, 3.8) is 0 Å². The SMILES string of the molecule is O=C1CCCN1CC(=O)N(CCO)C1CCCC1. The molecule has 0 unspecified atom stereocenters. The number of hydrogen-bond acceptors (Lipinski definition) is 3. The van der Waals surface area contributed by atoms with Crippen LogP contribution in [0.25, 0.3) is 0 Å². The van der Waals surface area contributed by atoms with E-state index in [2.05, 4.69) is 0 Å². The fourth-order valence-corrected chi connectivity index (χ4v) is 2.96. The molecule has 1 saturated carbocycles. The van der Waals surface area contributed by atoms with Gasteiger partial charge in [0.15, 0.2) is 0 Å². The second kappa shape index (κ2) is 6.18. The predicted molar refractivity (Wildman–Crippen MR) is 66.9 cm³/mol. The van der Waals surface area contributed by atoms with Crippen molar-refractivity contribution < 1.29 is 14.7 Å². The topological polar surface area (TPSA) is 60.9 Å². The standard InChI is InChI=1S/C13H22N2O3/c16-9-8-15(11-4-1-2-5-11)13(18)10-14-7-3-6-12(14)17/h11,16H,1-10H2. The Kier molecular flexibility index (Phi) is 4.58. The van der Waals surface area contributed by atoms with E-state index in [-0.39, 0.29) is 31.0 Å². The van der Waals surface area contributed by atoms with Gasteiger partial charge in [-0.05, 0) is 19.3 Å². The Balaban J connectivity index is 1.92. The molecule has 5 heteroatoms. The van der Waals surface area contributed by atoms with Crippen LogP contribution in [-0.2, 0) is 9.59 Å². The average Bonchev–Trinajstić information content (AvgIpc) is 2.99. The van der Waals surface area contributed by atoms with Gasteiger partial charge in [0.05, 0.1) is 13.2 Å². The number of likely N-dealkylation sites (tertiary alicyclic amines) is 1. The molecule has 0 atom stereocenters. The molecule has 1 N–H and O–H groups in total. The number of amides is 2. The molecule has 18 heavy (non-hydrogen) atoms. The summed E-state index contributed by atoms with van der Waals surface area (Å²) >= 11 is 0. The van der Waals surface area contributed by atoms with E-state index in [1.807, 2.05) is 0 Å². The maximum Gasteiger partial charge on any atom is 0.242 e. The minimum absolute atomic E-state index is 0.00378. The summed E-state index contributed by atoms with van der Waals surface area (Å²) in [5, 5.41) is 9.08. The van der Waals surface area contributed by atoms with Gasteiger partial charge in [-0.3, -0.25) is 9.59 Å². The van der Waals surface area contributed by atoms with Gasteiger partial charge in [-0.2, -0.15) is 0 Å². The number of carbonyl (C=O) groups excluding carboxylic acids is 2. The Morgan fingerprint density at radius 1 is 1.33 bits per heavy atom. The van der Waals surface area contributed by atoms with Crippen LogP contribution >= 0.6 is 0 Å². The van der Waals surface area contributed by atoms with Gasteiger partial charge in [-0.1, -0.05) is 12.8 Å². The zero-order valence-electron chi connectivity index (χ0n) is 10.8. The normalized spacial score (nSPS) is 20.7. The highest BCUT2D eigenvalue weighted by atomic mass is 16.3. The van der Waals surface area contributed by atoms with Crippen molar-refractivity contribution >= 4 is 11.8 Å². The fraction of sp³-hybridized carbons (Fsp3) is 0.846. The number of aliphatic hydroxyl groups excluding tert-OH is 1. The molecular formula is C13H22N2O3. The molecule has 0 aromatic rings. The zero-order valence-corrected chi connectivity index (χ0v) is 10.8. The van der Waals surface area contributed by atoms with Crippen molar-refractivity contribution in [3.8, 4) is 0 Å². The van der Waals surface area contributed by atoms with Crippen molar-refractivity contribution in [2.24, 2.45) is 0 Å². The highest BCUT2D eigenvalue weighted by molar-refractivity contribution is 5.86. The first-order valence-electron chi connectivity index (χ1n) is 6.90. The molecule has 1 saturated heterocycles. The maximum absolute atomic E-state index is 12.2. The Labute approximate surface area is 108 Å². The molecule has 2 rings (SSSR count). The first-order valence-corrected chi connectivity index (χ1v) is 6.90. The van der Waals surface area contributed by atoms with E-state index in [1.54, 1.807) is 9.80 Å². The van der Waals surface area contributed by atoms with Crippen LogP contribution in [-0.4, -0.2) is 59.0 Å². The predicted octanol–water partition coefficient (Wildman–Crippen LogP) is 0.372. The summed E-state index contributed by atoms with van der Waals surface area (Å²) < 4.78 is 0. The molecule has 0 bridgehead atoms. The summed E-state index contributed by atoms with van der Waals surface area (Å²) in [5.74, 6) is 0.0740. The molecule has 2 aliphatic rings. The lowest BCUT2D eigenvalue weighted by Gasteiger charge is -2.30. The van der Waals surface area contributed by atoms with Gasteiger partial charge >= 0.3 is 0 Å². The first-order chi connectivity index (χ1) is 8.72. The molecule has 0 spiro atoms. The van der Waals surface area contributed by atoms with E-state index < -0.39 is 0 Å². The van der Waals surface area contributed by atoms with Gasteiger partial charge in [-0.25, -0.2) is 0 Å². The van der Waals surface area contributed by atoms with E-state index in [1.165, 1.54) is 0 Å². The number of rotatable bonds is 5. The van der Waals surface area contributed by atoms with Crippen molar-refractivity contribution in [3.05, 3.63) is 0 Å². The Morgan fingerprint density at radius 3 is 2.61 bits per heavy atom. The molecule has 0 aromatic carbocycles. The summed E-state index contributed by atoms with van der Waals surface area (Å²) in [4.78, 5) is 27.2. The van der Waals surface area contributed by atoms with Gasteiger partial charge in [-0.15, -0.1) is 0 Å².